The summed E-state index contributed by atoms with van der Waals surface area (Å²) in [7, 11) is 1.20. The van der Waals surface area contributed by atoms with E-state index in [2.05, 4.69) is 21.0 Å². The second-order valence-corrected chi connectivity index (χ2v) is 13.8. The normalized spacial score (nSPS) is 20.2. The zero-order valence-corrected chi connectivity index (χ0v) is 29.2. The van der Waals surface area contributed by atoms with Gasteiger partial charge in [-0.05, 0) is 47.1 Å². The highest BCUT2D eigenvalue weighted by molar-refractivity contribution is 5.86. The number of fused-ring (bicyclic) bond motifs is 1. The van der Waals surface area contributed by atoms with Crippen LogP contribution in [0.2, 0.25) is 0 Å². The largest absolute Gasteiger partial charge is 0.453 e. The molecule has 2 fully saturated rings. The van der Waals surface area contributed by atoms with E-state index in [0.29, 0.717) is 13.0 Å². The molecular formula is C37H46FN5O8. The summed E-state index contributed by atoms with van der Waals surface area (Å²) in [6.07, 6.45) is 0.464. The lowest BCUT2D eigenvalue weighted by atomic mass is 9.85. The zero-order valence-electron chi connectivity index (χ0n) is 29.2. The first kappa shape index (κ1) is 37.6. The van der Waals surface area contributed by atoms with Crippen LogP contribution in [-0.2, 0) is 36.7 Å². The number of nitrogens with zero attached hydrogens (tertiary/aromatic N) is 2. The first-order chi connectivity index (χ1) is 24.4. The van der Waals surface area contributed by atoms with Crippen molar-refractivity contribution >= 4 is 18.1 Å². The van der Waals surface area contributed by atoms with Crippen LogP contribution in [0.25, 0.3) is 11.1 Å². The molecule has 274 valence electrons. The van der Waals surface area contributed by atoms with Crippen LogP contribution in [0.5, 0.6) is 0 Å². The van der Waals surface area contributed by atoms with Crippen molar-refractivity contribution in [3.8, 4) is 11.1 Å². The van der Waals surface area contributed by atoms with Crippen LogP contribution in [0.15, 0.2) is 73.1 Å². The summed E-state index contributed by atoms with van der Waals surface area (Å²) in [5.41, 5.74) is 4.86. The monoisotopic (exact) mass is 707 g/mol. The van der Waals surface area contributed by atoms with Gasteiger partial charge in [-0.2, -0.15) is 0 Å². The maximum Gasteiger partial charge on any atom is 0.422 e. The molecule has 6 atom stereocenters. The van der Waals surface area contributed by atoms with E-state index >= 15 is 0 Å². The number of carbonyl (C=O) groups excluding carboxylic acids is 3. The third-order valence-electron chi connectivity index (χ3n) is 8.99. The van der Waals surface area contributed by atoms with Gasteiger partial charge < -0.3 is 34.7 Å². The number of amides is 3. The number of ether oxygens (including phenoxy) is 4. The number of aliphatic hydroxyl groups is 1. The summed E-state index contributed by atoms with van der Waals surface area (Å²) in [6.45, 7) is 5.70. The molecule has 2 saturated heterocycles. The Labute approximate surface area is 296 Å². The van der Waals surface area contributed by atoms with Gasteiger partial charge in [0.1, 0.15) is 18.0 Å². The lowest BCUT2D eigenvalue weighted by Crippen LogP contribution is -2.59. The number of pyridine rings is 1. The van der Waals surface area contributed by atoms with Gasteiger partial charge in [-0.15, -0.1) is 0 Å². The number of hydrogen-bond acceptors (Lipinski definition) is 10. The highest BCUT2D eigenvalue weighted by Gasteiger charge is 2.44. The third kappa shape index (κ3) is 10.2. The van der Waals surface area contributed by atoms with Crippen LogP contribution in [0, 0.1) is 17.2 Å². The van der Waals surface area contributed by atoms with Gasteiger partial charge in [0.25, 0.3) is 0 Å². The number of alkyl carbamates (subject to hydrolysis) is 1. The smallest absolute Gasteiger partial charge is 0.422 e. The van der Waals surface area contributed by atoms with Gasteiger partial charge in [-0.1, -0.05) is 69.3 Å². The Hall–Kier alpha value is -4.63. The molecule has 0 bridgehead atoms. The fourth-order valence-corrected chi connectivity index (χ4v) is 6.20. The molecule has 0 unspecified atom stereocenters. The zero-order chi connectivity index (χ0) is 36.5. The van der Waals surface area contributed by atoms with E-state index in [-0.39, 0.29) is 37.6 Å². The van der Waals surface area contributed by atoms with Crippen LogP contribution in [0.1, 0.15) is 38.3 Å². The number of aromatic nitrogens is 1. The summed E-state index contributed by atoms with van der Waals surface area (Å²) < 4.78 is 36.4. The molecule has 3 amide bonds. The molecule has 2 aliphatic rings. The quantitative estimate of drug-likeness (QED) is 0.192. The number of benzene rings is 2. The van der Waals surface area contributed by atoms with Gasteiger partial charge >= 0.3 is 12.2 Å². The Morgan fingerprint density at radius 2 is 1.78 bits per heavy atom. The summed E-state index contributed by atoms with van der Waals surface area (Å²) in [5.74, 6) is -1.14. The van der Waals surface area contributed by atoms with Crippen molar-refractivity contribution in [2.75, 3.05) is 26.9 Å². The maximum absolute atomic E-state index is 14.8. The number of aliphatic hydroxyl groups excluding tert-OH is 1. The van der Waals surface area contributed by atoms with Gasteiger partial charge in [-0.25, -0.2) is 19.0 Å². The van der Waals surface area contributed by atoms with Crippen molar-refractivity contribution in [2.45, 2.75) is 70.7 Å². The van der Waals surface area contributed by atoms with E-state index in [9.17, 15) is 23.9 Å². The first-order valence-electron chi connectivity index (χ1n) is 16.9. The van der Waals surface area contributed by atoms with Gasteiger partial charge in [-0.3, -0.25) is 15.2 Å². The van der Waals surface area contributed by atoms with Crippen molar-refractivity contribution < 1.29 is 42.8 Å². The van der Waals surface area contributed by atoms with E-state index < -0.39 is 59.9 Å². The van der Waals surface area contributed by atoms with Crippen molar-refractivity contribution in [2.24, 2.45) is 11.3 Å². The molecule has 5 rings (SSSR count). The molecule has 1 aromatic heterocycles. The van der Waals surface area contributed by atoms with Crippen LogP contribution in [-0.4, -0.2) is 90.6 Å². The average molecular weight is 708 g/mol. The number of methoxy groups -OCH3 is 1. The molecule has 14 heteroatoms. The minimum absolute atomic E-state index is 0.0974. The van der Waals surface area contributed by atoms with Crippen LogP contribution < -0.4 is 16.1 Å². The predicted molar refractivity (Wildman–Crippen MR) is 184 cm³/mol. The van der Waals surface area contributed by atoms with Crippen LogP contribution >= 0.6 is 0 Å². The Bertz CT molecular complexity index is 1620. The van der Waals surface area contributed by atoms with Crippen molar-refractivity contribution in [1.82, 2.24) is 26.1 Å². The number of halogens is 1. The summed E-state index contributed by atoms with van der Waals surface area (Å²) in [5, 5.41) is 18.7. The van der Waals surface area contributed by atoms with Crippen LogP contribution in [0.4, 0.5) is 14.0 Å². The van der Waals surface area contributed by atoms with Crippen molar-refractivity contribution in [3.63, 3.8) is 0 Å². The second-order valence-electron chi connectivity index (χ2n) is 13.8. The topological polar surface area (TPSA) is 161 Å². The molecular weight excluding hydrogens is 661 g/mol. The maximum atomic E-state index is 14.8. The Morgan fingerprint density at radius 1 is 1.02 bits per heavy atom. The number of hydrazine groups is 1. The Balaban J connectivity index is 1.37. The van der Waals surface area contributed by atoms with Crippen molar-refractivity contribution in [1.29, 1.82) is 0 Å². The average Bonchev–Trinajstić information content (AvgIpc) is 3.73. The number of nitrogens with one attached hydrogen (secondary N) is 3. The second kappa shape index (κ2) is 17.1. The summed E-state index contributed by atoms with van der Waals surface area (Å²) in [6, 6.07) is 15.6. The number of rotatable bonds is 13. The molecule has 3 heterocycles. The minimum atomic E-state index is -1.31. The summed E-state index contributed by atoms with van der Waals surface area (Å²) in [4.78, 5) is 43.4. The molecule has 13 nitrogen and oxygen atoms in total. The number of hydrogen-bond donors (Lipinski definition) is 4. The molecule has 0 aliphatic carbocycles. The third-order valence-corrected chi connectivity index (χ3v) is 8.99. The lowest BCUT2D eigenvalue weighted by molar-refractivity contribution is -0.127. The first-order valence-corrected chi connectivity index (χ1v) is 16.9. The van der Waals surface area contributed by atoms with Crippen molar-refractivity contribution in [3.05, 3.63) is 90.0 Å². The molecule has 2 aromatic carbocycles. The van der Waals surface area contributed by atoms with E-state index in [1.165, 1.54) is 18.2 Å². The summed E-state index contributed by atoms with van der Waals surface area (Å²) >= 11 is 0. The molecule has 51 heavy (non-hydrogen) atoms. The minimum Gasteiger partial charge on any atom is -0.453 e. The van der Waals surface area contributed by atoms with Gasteiger partial charge in [0.2, 0.25) is 5.91 Å². The number of carbonyl (C=O) groups is 3. The van der Waals surface area contributed by atoms with E-state index in [4.69, 9.17) is 18.9 Å². The van der Waals surface area contributed by atoms with E-state index in [0.717, 1.165) is 16.7 Å². The standard InChI is InChI=1S/C37H46FN5O8/c1-37(2,3)32(41-35(46)48-4)33(45)40-29(18-23-11-13-24(14-12-23)25-9-7-16-39-19-25)30(44)21-43(20-26-8-5-6-10-28(26)38)42-36(47)51-31-22-50-34-27(31)15-17-49-34/h5-14,16,19,27,29-32,34,44H,15,17-18,20-22H2,1-4H3,(H,40,45)(H,41,46)(H,42,47)/t27-,29-,30-,31-,32+,34+/m0/s1. The van der Waals surface area contributed by atoms with Gasteiger partial charge in [0, 0.05) is 31.0 Å². The predicted octanol–water partition coefficient (Wildman–Crippen LogP) is 3.95. The molecule has 0 radical (unpaired) electrons. The highest BCUT2D eigenvalue weighted by atomic mass is 19.1. The molecule has 0 saturated carbocycles. The highest BCUT2D eigenvalue weighted by Crippen LogP contribution is 2.33. The van der Waals surface area contributed by atoms with Gasteiger partial charge in [0.05, 0.1) is 38.4 Å². The van der Waals surface area contributed by atoms with Crippen LogP contribution in [0.3, 0.4) is 0 Å². The Morgan fingerprint density at radius 3 is 2.47 bits per heavy atom. The SMILES string of the molecule is COC(=O)N[C@H](C(=O)N[C@@H](Cc1ccc(-c2cccnc2)cc1)[C@@H](O)CN(Cc1ccccc1F)NC(=O)O[C@H]1CO[C@H]2OCC[C@H]21)C(C)(C)C. The fraction of sp³-hybridized carbons (Fsp3) is 0.459. The van der Waals surface area contributed by atoms with E-state index in [1.807, 2.05) is 36.4 Å². The Kier molecular flexibility index (Phi) is 12.6. The molecule has 2 aliphatic heterocycles. The fourth-order valence-electron chi connectivity index (χ4n) is 6.20. The molecule has 0 spiro atoms. The van der Waals surface area contributed by atoms with E-state index in [1.54, 1.807) is 51.4 Å². The lowest BCUT2D eigenvalue weighted by Gasteiger charge is -2.34. The van der Waals surface area contributed by atoms with Gasteiger partial charge in [0.15, 0.2) is 6.29 Å². The molecule has 4 N–H and O–H groups in total. The molecule has 3 aromatic rings.